The lowest BCUT2D eigenvalue weighted by Crippen LogP contribution is -3.00. The number of rotatable bonds is 2. The summed E-state index contributed by atoms with van der Waals surface area (Å²) in [5.74, 6) is 0. The molecule has 0 aromatic carbocycles. The first-order valence-electron chi connectivity index (χ1n) is 4.74. The second kappa shape index (κ2) is 5.80. The Morgan fingerprint density at radius 3 is 2.27 bits per heavy atom. The van der Waals surface area contributed by atoms with Crippen LogP contribution in [-0.4, -0.2) is 0 Å². The normalized spacial score (nSPS) is 9.40. The van der Waals surface area contributed by atoms with Crippen LogP contribution in [0.15, 0.2) is 55.0 Å². The van der Waals surface area contributed by atoms with Gasteiger partial charge >= 0.3 is 0 Å². The Kier molecular flexibility index (Phi) is 4.68. The van der Waals surface area contributed by atoms with Crippen molar-refractivity contribution < 1.29 is 33.1 Å². The van der Waals surface area contributed by atoms with Gasteiger partial charge in [-0.2, -0.15) is 9.13 Å². The van der Waals surface area contributed by atoms with Crippen LogP contribution in [0.4, 0.5) is 0 Å². The highest BCUT2D eigenvalue weighted by molar-refractivity contribution is 4.95. The summed E-state index contributed by atoms with van der Waals surface area (Å²) in [7, 11) is 2.07. The van der Waals surface area contributed by atoms with Gasteiger partial charge in [0.15, 0.2) is 18.6 Å². The van der Waals surface area contributed by atoms with Crippen molar-refractivity contribution in [3.8, 4) is 0 Å². The maximum absolute atomic E-state index is 2.16. The molecule has 3 heteroatoms. The Bertz CT molecular complexity index is 415. The van der Waals surface area contributed by atoms with Crippen molar-refractivity contribution in [3.63, 3.8) is 0 Å². The fourth-order valence-corrected chi connectivity index (χ4v) is 1.45. The molecule has 15 heavy (non-hydrogen) atoms. The Hall–Kier alpha value is -0.970. The van der Waals surface area contributed by atoms with Crippen LogP contribution in [0.1, 0.15) is 5.69 Å². The largest absolute Gasteiger partial charge is 1.00 e. The van der Waals surface area contributed by atoms with Crippen molar-refractivity contribution in [3.05, 3.63) is 60.7 Å². The summed E-state index contributed by atoms with van der Waals surface area (Å²) in [6, 6.07) is 12.4. The minimum atomic E-state index is 0. The summed E-state index contributed by atoms with van der Waals surface area (Å²) in [4.78, 5) is 0. The van der Waals surface area contributed by atoms with E-state index in [0.717, 1.165) is 6.54 Å². The number of hydrogen-bond donors (Lipinski definition) is 0. The second-order valence-corrected chi connectivity index (χ2v) is 3.35. The van der Waals surface area contributed by atoms with Gasteiger partial charge in [0.05, 0.1) is 0 Å². The van der Waals surface area contributed by atoms with Gasteiger partial charge in [-0.3, -0.25) is 0 Å². The maximum atomic E-state index is 2.16. The van der Waals surface area contributed by atoms with E-state index in [-0.39, 0.29) is 24.0 Å². The SMILES string of the molecule is C[n+]1ccccc1C[n+]1ccccc1.[I-]. The predicted molar refractivity (Wildman–Crippen MR) is 53.4 cm³/mol. The standard InChI is InChI=1S/C12H14N2.HI/c1-13-8-6-3-7-12(13)11-14-9-4-2-5-10-14;/h2-10H,11H2,1H3;1H/q+2;/p-1. The highest BCUT2D eigenvalue weighted by Crippen LogP contribution is 1.89. The first-order valence-corrected chi connectivity index (χ1v) is 4.74. The molecule has 2 heterocycles. The van der Waals surface area contributed by atoms with Gasteiger partial charge in [0.25, 0.3) is 0 Å². The molecule has 0 aliphatic heterocycles. The number of pyridine rings is 2. The van der Waals surface area contributed by atoms with E-state index in [1.807, 2.05) is 24.3 Å². The van der Waals surface area contributed by atoms with Crippen LogP contribution < -0.4 is 33.1 Å². The summed E-state index contributed by atoms with van der Waals surface area (Å²) in [6.07, 6.45) is 6.22. The van der Waals surface area contributed by atoms with Crippen molar-refractivity contribution in [2.45, 2.75) is 6.54 Å². The van der Waals surface area contributed by atoms with Gasteiger partial charge in [-0.1, -0.05) is 6.07 Å². The number of nitrogens with zero attached hydrogens (tertiary/aromatic N) is 2. The summed E-state index contributed by atoms with van der Waals surface area (Å²) in [5, 5.41) is 0. The number of aromatic nitrogens is 2. The first kappa shape index (κ1) is 12.1. The average Bonchev–Trinajstić information content (AvgIpc) is 2.23. The molecule has 0 N–H and O–H groups in total. The van der Waals surface area contributed by atoms with E-state index in [9.17, 15) is 0 Å². The van der Waals surface area contributed by atoms with Crippen molar-refractivity contribution in [2.75, 3.05) is 0 Å². The minimum absolute atomic E-state index is 0. The Morgan fingerprint density at radius 2 is 1.60 bits per heavy atom. The van der Waals surface area contributed by atoms with Crippen molar-refractivity contribution in [1.82, 2.24) is 0 Å². The summed E-state index contributed by atoms with van der Waals surface area (Å²) >= 11 is 0. The molecule has 0 saturated carbocycles. The molecule has 2 rings (SSSR count). The average molecular weight is 313 g/mol. The molecule has 78 valence electrons. The van der Waals surface area contributed by atoms with Gasteiger partial charge in [0, 0.05) is 24.3 Å². The third-order valence-corrected chi connectivity index (χ3v) is 2.28. The van der Waals surface area contributed by atoms with E-state index in [1.54, 1.807) is 0 Å². The van der Waals surface area contributed by atoms with Crippen LogP contribution in [0.3, 0.4) is 0 Å². The molecule has 0 spiro atoms. The Morgan fingerprint density at radius 1 is 0.933 bits per heavy atom. The molecule has 0 radical (unpaired) electrons. The van der Waals surface area contributed by atoms with E-state index in [1.165, 1.54) is 5.69 Å². The molecule has 0 unspecified atom stereocenters. The van der Waals surface area contributed by atoms with Gasteiger partial charge in [-0.25, -0.2) is 0 Å². The van der Waals surface area contributed by atoms with Crippen molar-refractivity contribution in [2.24, 2.45) is 7.05 Å². The highest BCUT2D eigenvalue weighted by atomic mass is 127. The molecule has 0 aliphatic rings. The fourth-order valence-electron chi connectivity index (χ4n) is 1.45. The van der Waals surface area contributed by atoms with Crippen LogP contribution in [0, 0.1) is 0 Å². The second-order valence-electron chi connectivity index (χ2n) is 3.35. The van der Waals surface area contributed by atoms with Gasteiger partial charge in [0.1, 0.15) is 7.05 Å². The van der Waals surface area contributed by atoms with E-state index in [0.29, 0.717) is 0 Å². The Balaban J connectivity index is 0.00000112. The zero-order valence-corrected chi connectivity index (χ0v) is 10.8. The fraction of sp³-hybridized carbons (Fsp3) is 0.167. The lowest BCUT2D eigenvalue weighted by atomic mass is 10.3. The highest BCUT2D eigenvalue weighted by Gasteiger charge is 2.09. The minimum Gasteiger partial charge on any atom is -1.00 e. The van der Waals surface area contributed by atoms with Crippen LogP contribution in [0.5, 0.6) is 0 Å². The van der Waals surface area contributed by atoms with E-state index < -0.39 is 0 Å². The molecular formula is C12H14IN2+. The van der Waals surface area contributed by atoms with Gasteiger partial charge < -0.3 is 24.0 Å². The van der Waals surface area contributed by atoms with Crippen molar-refractivity contribution >= 4 is 0 Å². The third kappa shape index (κ3) is 3.27. The van der Waals surface area contributed by atoms with Gasteiger partial charge in [-0.15, -0.1) is 0 Å². The lowest BCUT2D eigenvalue weighted by Gasteiger charge is -1.95. The topological polar surface area (TPSA) is 7.76 Å². The van der Waals surface area contributed by atoms with Crippen LogP contribution in [-0.2, 0) is 13.6 Å². The van der Waals surface area contributed by atoms with Crippen LogP contribution >= 0.6 is 0 Å². The predicted octanol–water partition coefficient (Wildman–Crippen LogP) is -2.15. The monoisotopic (exact) mass is 313 g/mol. The Labute approximate surface area is 107 Å². The van der Waals surface area contributed by atoms with Gasteiger partial charge in [-0.05, 0) is 6.07 Å². The number of aryl methyl sites for hydroxylation is 1. The van der Waals surface area contributed by atoms with Gasteiger partial charge in [0.2, 0.25) is 12.2 Å². The lowest BCUT2D eigenvalue weighted by molar-refractivity contribution is -0.738. The van der Waals surface area contributed by atoms with Crippen LogP contribution in [0.25, 0.3) is 0 Å². The van der Waals surface area contributed by atoms with Crippen LogP contribution in [0.2, 0.25) is 0 Å². The molecule has 2 nitrogen and oxygen atoms in total. The third-order valence-electron chi connectivity index (χ3n) is 2.28. The maximum Gasteiger partial charge on any atom is 0.247 e. The molecule has 2 aromatic heterocycles. The molecule has 0 fully saturated rings. The molecule has 0 amide bonds. The van der Waals surface area contributed by atoms with E-state index >= 15 is 0 Å². The summed E-state index contributed by atoms with van der Waals surface area (Å²) in [5.41, 5.74) is 1.30. The summed E-state index contributed by atoms with van der Waals surface area (Å²) < 4.78 is 4.30. The zero-order chi connectivity index (χ0) is 9.80. The molecular weight excluding hydrogens is 299 g/mol. The first-order chi connectivity index (χ1) is 6.86. The molecule has 0 saturated heterocycles. The smallest absolute Gasteiger partial charge is 0.247 e. The molecule has 2 aromatic rings. The van der Waals surface area contributed by atoms with Crippen molar-refractivity contribution in [1.29, 1.82) is 0 Å². The van der Waals surface area contributed by atoms with E-state index in [4.69, 9.17) is 0 Å². The zero-order valence-electron chi connectivity index (χ0n) is 8.68. The van der Waals surface area contributed by atoms with E-state index in [2.05, 4.69) is 46.9 Å². The molecule has 0 bridgehead atoms. The molecule has 0 aliphatic carbocycles. The summed E-state index contributed by atoms with van der Waals surface area (Å²) in [6.45, 7) is 0.915. The molecule has 0 atom stereocenters. The quantitative estimate of drug-likeness (QED) is 0.441. The number of halogens is 1. The number of hydrogen-bond acceptors (Lipinski definition) is 0.